The molecular weight excluding hydrogens is 483 g/mol. The second-order valence-electron chi connectivity index (χ2n) is 7.37. The summed E-state index contributed by atoms with van der Waals surface area (Å²) in [7, 11) is 0. The van der Waals surface area contributed by atoms with Crippen LogP contribution in [0.4, 0.5) is 13.2 Å². The number of alkyl halides is 3. The smallest absolute Gasteiger partial charge is 0.422 e. The number of hydrogen-bond donors (Lipinski definition) is 0. The number of rotatable bonds is 9. The van der Waals surface area contributed by atoms with Gasteiger partial charge >= 0.3 is 12.1 Å². The van der Waals surface area contributed by atoms with Crippen molar-refractivity contribution in [2.45, 2.75) is 31.6 Å². The molecule has 0 unspecified atom stereocenters. The van der Waals surface area contributed by atoms with Crippen molar-refractivity contribution in [2.75, 3.05) is 6.61 Å². The zero-order chi connectivity index (χ0) is 24.8. The number of para-hydroxylation sites is 2. The molecule has 4 aromatic rings. The van der Waals surface area contributed by atoms with Crippen molar-refractivity contribution >= 4 is 29.0 Å². The Bertz CT molecular complexity index is 1310. The van der Waals surface area contributed by atoms with E-state index in [9.17, 15) is 18.0 Å². The van der Waals surface area contributed by atoms with Crippen molar-refractivity contribution < 1.29 is 31.6 Å². The Morgan fingerprint density at radius 2 is 1.80 bits per heavy atom. The number of fused-ring (bicyclic) bond motifs is 1. The van der Waals surface area contributed by atoms with E-state index in [1.165, 1.54) is 12.3 Å². The van der Waals surface area contributed by atoms with Crippen LogP contribution < -0.4 is 4.74 Å². The van der Waals surface area contributed by atoms with Crippen molar-refractivity contribution in [3.8, 4) is 5.75 Å². The van der Waals surface area contributed by atoms with Gasteiger partial charge in [0.05, 0.1) is 34.3 Å². The molecule has 7 nitrogen and oxygen atoms in total. The van der Waals surface area contributed by atoms with Gasteiger partial charge in [0.2, 0.25) is 0 Å². The number of carbonyl (C=O) groups is 1. The summed E-state index contributed by atoms with van der Waals surface area (Å²) in [4.78, 5) is 21.1. The van der Waals surface area contributed by atoms with E-state index in [2.05, 4.69) is 9.97 Å². The summed E-state index contributed by atoms with van der Waals surface area (Å²) in [6.07, 6.45) is -3.08. The predicted octanol–water partition coefficient (Wildman–Crippen LogP) is 5.72. The van der Waals surface area contributed by atoms with Gasteiger partial charge in [0.25, 0.3) is 0 Å². The maximum atomic E-state index is 12.5. The lowest BCUT2D eigenvalue weighted by molar-refractivity contribution is -0.153. The Balaban J connectivity index is 1.45. The van der Waals surface area contributed by atoms with Crippen LogP contribution in [0.1, 0.15) is 21.6 Å². The third-order valence-electron chi connectivity index (χ3n) is 4.93. The number of aromatic nitrogens is 3. The van der Waals surface area contributed by atoms with Crippen LogP contribution in [0.25, 0.3) is 11.0 Å². The number of halogens is 3. The number of hydrogen-bond acceptors (Lipinski definition) is 7. The molecule has 0 aliphatic carbocycles. The van der Waals surface area contributed by atoms with Crippen LogP contribution in [0, 0.1) is 6.92 Å². The summed E-state index contributed by atoms with van der Waals surface area (Å²) in [6.45, 7) is 0.129. The molecule has 0 fully saturated rings. The number of ether oxygens (including phenoxy) is 2. The van der Waals surface area contributed by atoms with Crippen molar-refractivity contribution in [3.05, 3.63) is 83.7 Å². The first-order valence-corrected chi connectivity index (χ1v) is 11.2. The van der Waals surface area contributed by atoms with Gasteiger partial charge in [-0.3, -0.25) is 9.55 Å². The molecule has 0 amide bonds. The molecule has 0 saturated heterocycles. The van der Waals surface area contributed by atoms with Crippen LogP contribution in [0.15, 0.2) is 72.0 Å². The van der Waals surface area contributed by atoms with E-state index < -0.39 is 18.8 Å². The number of nitrogens with zero attached hydrogens (tertiary/aromatic N) is 3. The van der Waals surface area contributed by atoms with Gasteiger partial charge in [-0.15, -0.1) is 0 Å². The standard InChI is InChI=1S/C24H20F3N3O4S/c1-16-19(28-12-11-21(16)32-14-24(25,26)27)13-34-35-23-29-18-9-5-6-10-20(18)30(23)15-33-22(31)17-7-3-2-4-8-17/h2-12H,13-15H2,1H3. The lowest BCUT2D eigenvalue weighted by atomic mass is 10.2. The van der Waals surface area contributed by atoms with Crippen LogP contribution in [-0.2, 0) is 22.3 Å². The van der Waals surface area contributed by atoms with E-state index in [4.69, 9.17) is 13.7 Å². The first-order chi connectivity index (χ1) is 16.8. The summed E-state index contributed by atoms with van der Waals surface area (Å²) in [5.74, 6) is -0.392. The SMILES string of the molecule is Cc1c(OCC(F)(F)F)ccnc1COSc1nc2ccccc2n1COC(=O)c1ccccc1. The van der Waals surface area contributed by atoms with Crippen LogP contribution in [0.3, 0.4) is 0 Å². The number of benzene rings is 2. The maximum Gasteiger partial charge on any atom is 0.422 e. The molecule has 182 valence electrons. The predicted molar refractivity (Wildman–Crippen MR) is 123 cm³/mol. The molecule has 4 rings (SSSR count). The zero-order valence-corrected chi connectivity index (χ0v) is 19.3. The molecule has 0 atom stereocenters. The average molecular weight is 504 g/mol. The van der Waals surface area contributed by atoms with Gasteiger partial charge in [0.15, 0.2) is 18.5 Å². The molecule has 0 spiro atoms. The Morgan fingerprint density at radius 3 is 2.57 bits per heavy atom. The highest BCUT2D eigenvalue weighted by molar-refractivity contribution is 7.94. The lowest BCUT2D eigenvalue weighted by Gasteiger charge is -2.13. The Labute approximate surface area is 203 Å². The normalized spacial score (nSPS) is 11.5. The van der Waals surface area contributed by atoms with Gasteiger partial charge in [0.1, 0.15) is 12.4 Å². The third-order valence-corrected chi connectivity index (χ3v) is 5.63. The number of esters is 1. The fraction of sp³-hybridized carbons (Fsp3) is 0.208. The van der Waals surface area contributed by atoms with E-state index in [1.54, 1.807) is 41.8 Å². The number of imidazole rings is 1. The summed E-state index contributed by atoms with van der Waals surface area (Å²) in [5.41, 5.74) is 2.73. The molecule has 2 heterocycles. The fourth-order valence-electron chi connectivity index (χ4n) is 3.18. The minimum atomic E-state index is -4.44. The molecule has 0 radical (unpaired) electrons. The quantitative estimate of drug-likeness (QED) is 0.214. The lowest BCUT2D eigenvalue weighted by Crippen LogP contribution is -2.19. The maximum absolute atomic E-state index is 12.5. The Hall–Kier alpha value is -3.57. The molecule has 2 aromatic carbocycles. The second-order valence-corrected chi connectivity index (χ2v) is 8.14. The van der Waals surface area contributed by atoms with Crippen molar-refractivity contribution in [1.29, 1.82) is 0 Å². The average Bonchev–Trinajstić information content (AvgIpc) is 3.20. The molecule has 0 aliphatic rings. The molecular formula is C24H20F3N3O4S. The van der Waals surface area contributed by atoms with Gasteiger partial charge in [-0.2, -0.15) is 13.2 Å². The number of pyridine rings is 1. The largest absolute Gasteiger partial charge is 0.484 e. The summed E-state index contributed by atoms with van der Waals surface area (Å²) < 4.78 is 55.2. The van der Waals surface area contributed by atoms with Gasteiger partial charge in [-0.25, -0.2) is 9.78 Å². The first kappa shape index (κ1) is 24.6. The van der Waals surface area contributed by atoms with Gasteiger partial charge in [0, 0.05) is 11.8 Å². The Kier molecular flexibility index (Phi) is 7.57. The highest BCUT2D eigenvalue weighted by Gasteiger charge is 2.29. The first-order valence-electron chi connectivity index (χ1n) is 10.4. The van der Waals surface area contributed by atoms with Crippen LogP contribution >= 0.6 is 12.0 Å². The molecule has 0 N–H and O–H groups in total. The fourth-order valence-corrected chi connectivity index (χ4v) is 3.83. The highest BCUT2D eigenvalue weighted by atomic mass is 32.2. The van der Waals surface area contributed by atoms with E-state index in [-0.39, 0.29) is 19.1 Å². The van der Waals surface area contributed by atoms with E-state index in [0.717, 1.165) is 17.6 Å². The van der Waals surface area contributed by atoms with Gasteiger partial charge in [-0.05, 0) is 37.3 Å². The van der Waals surface area contributed by atoms with E-state index in [1.807, 2.05) is 24.3 Å². The van der Waals surface area contributed by atoms with E-state index in [0.29, 0.717) is 27.5 Å². The molecule has 35 heavy (non-hydrogen) atoms. The Morgan fingerprint density at radius 1 is 1.06 bits per heavy atom. The highest BCUT2D eigenvalue weighted by Crippen LogP contribution is 2.28. The number of carbonyl (C=O) groups excluding carboxylic acids is 1. The summed E-state index contributed by atoms with van der Waals surface area (Å²) >= 11 is 0.947. The molecule has 0 aliphatic heterocycles. The van der Waals surface area contributed by atoms with E-state index >= 15 is 0 Å². The summed E-state index contributed by atoms with van der Waals surface area (Å²) in [5, 5.41) is 0.439. The second kappa shape index (κ2) is 10.8. The molecule has 0 bridgehead atoms. The van der Waals surface area contributed by atoms with Crippen molar-refractivity contribution in [3.63, 3.8) is 0 Å². The summed E-state index contributed by atoms with van der Waals surface area (Å²) in [6, 6.07) is 17.3. The molecule has 2 aromatic heterocycles. The van der Waals surface area contributed by atoms with Crippen LogP contribution in [-0.4, -0.2) is 33.3 Å². The van der Waals surface area contributed by atoms with Crippen molar-refractivity contribution in [1.82, 2.24) is 14.5 Å². The van der Waals surface area contributed by atoms with Gasteiger partial charge < -0.3 is 13.7 Å². The van der Waals surface area contributed by atoms with Gasteiger partial charge in [-0.1, -0.05) is 30.3 Å². The molecule has 0 saturated carbocycles. The van der Waals surface area contributed by atoms with Crippen LogP contribution in [0.5, 0.6) is 5.75 Å². The van der Waals surface area contributed by atoms with Crippen molar-refractivity contribution in [2.24, 2.45) is 0 Å². The topological polar surface area (TPSA) is 75.5 Å². The van der Waals surface area contributed by atoms with Crippen LogP contribution in [0.2, 0.25) is 0 Å². The molecule has 11 heteroatoms. The monoisotopic (exact) mass is 503 g/mol. The minimum absolute atomic E-state index is 0.00722. The minimum Gasteiger partial charge on any atom is -0.484 e. The third kappa shape index (κ3) is 6.31. The zero-order valence-electron chi connectivity index (χ0n) is 18.5.